The SMILES string of the molecule is CC(C)N(CCC#N)C(=O)c1cn(C2CCNCC2)nn1. The maximum atomic E-state index is 12.5. The Labute approximate surface area is 124 Å². The summed E-state index contributed by atoms with van der Waals surface area (Å²) >= 11 is 0. The second-order valence-corrected chi connectivity index (χ2v) is 5.57. The molecule has 114 valence electrons. The highest BCUT2D eigenvalue weighted by atomic mass is 16.2. The number of amides is 1. The topological polar surface area (TPSA) is 86.8 Å². The van der Waals surface area contributed by atoms with Crippen molar-refractivity contribution in [3.63, 3.8) is 0 Å². The van der Waals surface area contributed by atoms with Gasteiger partial charge in [-0.05, 0) is 39.8 Å². The number of nitriles is 1. The first kappa shape index (κ1) is 15.4. The zero-order valence-corrected chi connectivity index (χ0v) is 12.6. The molecule has 0 saturated carbocycles. The van der Waals surface area contributed by atoms with Crippen LogP contribution < -0.4 is 5.32 Å². The van der Waals surface area contributed by atoms with Crippen molar-refractivity contribution < 1.29 is 4.79 Å². The van der Waals surface area contributed by atoms with Gasteiger partial charge in [0.15, 0.2) is 5.69 Å². The Balaban J connectivity index is 2.07. The Hall–Kier alpha value is -1.94. The van der Waals surface area contributed by atoms with E-state index in [1.54, 1.807) is 15.8 Å². The molecule has 1 aliphatic heterocycles. The normalized spacial score (nSPS) is 15.9. The summed E-state index contributed by atoms with van der Waals surface area (Å²) in [6, 6.07) is 2.42. The van der Waals surface area contributed by atoms with E-state index in [9.17, 15) is 4.79 Å². The molecule has 2 heterocycles. The summed E-state index contributed by atoms with van der Waals surface area (Å²) in [5.41, 5.74) is 0.361. The highest BCUT2D eigenvalue weighted by Gasteiger charge is 2.23. The second-order valence-electron chi connectivity index (χ2n) is 5.57. The molecular weight excluding hydrogens is 268 g/mol. The maximum Gasteiger partial charge on any atom is 0.276 e. The molecule has 0 bridgehead atoms. The third-order valence-electron chi connectivity index (χ3n) is 3.76. The average molecular weight is 290 g/mol. The van der Waals surface area contributed by atoms with Crippen LogP contribution in [-0.2, 0) is 0 Å². The van der Waals surface area contributed by atoms with Crippen LogP contribution in [0, 0.1) is 11.3 Å². The predicted octanol–water partition coefficient (Wildman–Crippen LogP) is 0.967. The van der Waals surface area contributed by atoms with Gasteiger partial charge in [-0.1, -0.05) is 5.21 Å². The molecule has 1 N–H and O–H groups in total. The summed E-state index contributed by atoms with van der Waals surface area (Å²) in [6.07, 6.45) is 4.06. The Morgan fingerprint density at radius 2 is 2.29 bits per heavy atom. The van der Waals surface area contributed by atoms with Gasteiger partial charge in [-0.2, -0.15) is 5.26 Å². The minimum atomic E-state index is -0.152. The molecule has 0 atom stereocenters. The quantitative estimate of drug-likeness (QED) is 0.873. The molecule has 7 heteroatoms. The van der Waals surface area contributed by atoms with Crippen LogP contribution in [0.2, 0.25) is 0 Å². The summed E-state index contributed by atoms with van der Waals surface area (Å²) in [6.45, 7) is 6.23. The van der Waals surface area contributed by atoms with Crippen LogP contribution in [0.1, 0.15) is 49.6 Å². The monoisotopic (exact) mass is 290 g/mol. The Kier molecular flexibility index (Phi) is 5.28. The lowest BCUT2D eigenvalue weighted by molar-refractivity contribution is 0.0704. The molecule has 1 amide bonds. The zero-order valence-electron chi connectivity index (χ0n) is 12.6. The van der Waals surface area contributed by atoms with Crippen LogP contribution in [0.3, 0.4) is 0 Å². The molecule has 21 heavy (non-hydrogen) atoms. The lowest BCUT2D eigenvalue weighted by Crippen LogP contribution is -2.37. The molecular formula is C14H22N6O. The van der Waals surface area contributed by atoms with E-state index < -0.39 is 0 Å². The van der Waals surface area contributed by atoms with Crippen LogP contribution in [0.25, 0.3) is 0 Å². The Morgan fingerprint density at radius 1 is 1.57 bits per heavy atom. The van der Waals surface area contributed by atoms with Crippen molar-refractivity contribution in [1.29, 1.82) is 5.26 Å². The Bertz CT molecular complexity index is 512. The van der Waals surface area contributed by atoms with Gasteiger partial charge in [0.1, 0.15) is 0 Å². The molecule has 7 nitrogen and oxygen atoms in total. The summed E-state index contributed by atoms with van der Waals surface area (Å²) in [5, 5.41) is 20.1. The van der Waals surface area contributed by atoms with Crippen molar-refractivity contribution in [3.05, 3.63) is 11.9 Å². The van der Waals surface area contributed by atoms with E-state index in [1.807, 2.05) is 13.8 Å². The number of rotatable bonds is 5. The zero-order chi connectivity index (χ0) is 15.2. The van der Waals surface area contributed by atoms with Gasteiger partial charge in [0.25, 0.3) is 5.91 Å². The molecule has 1 fully saturated rings. The van der Waals surface area contributed by atoms with Crippen molar-refractivity contribution in [2.24, 2.45) is 0 Å². The molecule has 0 radical (unpaired) electrons. The molecule has 1 aliphatic rings. The van der Waals surface area contributed by atoms with Gasteiger partial charge in [0.2, 0.25) is 0 Å². The summed E-state index contributed by atoms with van der Waals surface area (Å²) in [7, 11) is 0. The first-order valence-corrected chi connectivity index (χ1v) is 7.44. The number of nitrogens with zero attached hydrogens (tertiary/aromatic N) is 5. The minimum absolute atomic E-state index is 0.0369. The molecule has 0 unspecified atom stereocenters. The smallest absolute Gasteiger partial charge is 0.276 e. The van der Waals surface area contributed by atoms with E-state index in [1.165, 1.54) is 0 Å². The molecule has 0 aliphatic carbocycles. The molecule has 1 aromatic heterocycles. The van der Waals surface area contributed by atoms with E-state index in [0.29, 0.717) is 24.7 Å². The maximum absolute atomic E-state index is 12.5. The van der Waals surface area contributed by atoms with Crippen LogP contribution >= 0.6 is 0 Å². The van der Waals surface area contributed by atoms with Gasteiger partial charge >= 0.3 is 0 Å². The Morgan fingerprint density at radius 3 is 2.90 bits per heavy atom. The number of nitrogens with one attached hydrogen (secondary N) is 1. The second kappa shape index (κ2) is 7.18. The van der Waals surface area contributed by atoms with Gasteiger partial charge in [-0.15, -0.1) is 5.10 Å². The van der Waals surface area contributed by atoms with Crippen LogP contribution in [0.15, 0.2) is 6.20 Å². The highest BCUT2D eigenvalue weighted by Crippen LogP contribution is 2.17. The van der Waals surface area contributed by atoms with Gasteiger partial charge in [0, 0.05) is 12.6 Å². The fourth-order valence-corrected chi connectivity index (χ4v) is 2.54. The van der Waals surface area contributed by atoms with Gasteiger partial charge < -0.3 is 10.2 Å². The first-order valence-electron chi connectivity index (χ1n) is 7.44. The highest BCUT2D eigenvalue weighted by molar-refractivity contribution is 5.92. The number of hydrogen-bond acceptors (Lipinski definition) is 5. The first-order chi connectivity index (χ1) is 10.1. The van der Waals surface area contributed by atoms with Crippen molar-refractivity contribution in [3.8, 4) is 6.07 Å². The van der Waals surface area contributed by atoms with Crippen LogP contribution in [-0.4, -0.2) is 51.5 Å². The number of carbonyl (C=O) groups is 1. The van der Waals surface area contributed by atoms with E-state index in [2.05, 4.69) is 21.7 Å². The summed E-state index contributed by atoms with van der Waals surface area (Å²) < 4.78 is 1.80. The molecule has 0 aromatic carbocycles. The molecule has 1 aromatic rings. The average Bonchev–Trinajstić information content (AvgIpc) is 2.98. The summed E-state index contributed by atoms with van der Waals surface area (Å²) in [5.74, 6) is -0.152. The molecule has 1 saturated heterocycles. The summed E-state index contributed by atoms with van der Waals surface area (Å²) in [4.78, 5) is 14.1. The van der Waals surface area contributed by atoms with E-state index >= 15 is 0 Å². The third kappa shape index (κ3) is 3.79. The fourth-order valence-electron chi connectivity index (χ4n) is 2.54. The lowest BCUT2D eigenvalue weighted by atomic mass is 10.1. The van der Waals surface area contributed by atoms with Crippen molar-refractivity contribution in [2.75, 3.05) is 19.6 Å². The van der Waals surface area contributed by atoms with E-state index in [0.717, 1.165) is 25.9 Å². The van der Waals surface area contributed by atoms with E-state index in [4.69, 9.17) is 5.26 Å². The van der Waals surface area contributed by atoms with Gasteiger partial charge in [-0.3, -0.25) is 4.79 Å². The number of aromatic nitrogens is 3. The molecule has 0 spiro atoms. The van der Waals surface area contributed by atoms with Crippen molar-refractivity contribution in [2.45, 2.75) is 45.2 Å². The fraction of sp³-hybridized carbons (Fsp3) is 0.714. The van der Waals surface area contributed by atoms with Gasteiger partial charge in [0.05, 0.1) is 24.7 Å². The number of piperidine rings is 1. The van der Waals surface area contributed by atoms with Gasteiger partial charge in [-0.25, -0.2) is 4.68 Å². The van der Waals surface area contributed by atoms with Crippen molar-refractivity contribution in [1.82, 2.24) is 25.2 Å². The number of carbonyl (C=O) groups excluding carboxylic acids is 1. The van der Waals surface area contributed by atoms with Crippen molar-refractivity contribution >= 4 is 5.91 Å². The standard InChI is InChI=1S/C14H22N6O/c1-11(2)19(9-3-6-15)14(21)13-10-20(18-17-13)12-4-7-16-8-5-12/h10-12,16H,3-5,7-9H2,1-2H3. The van der Waals surface area contributed by atoms with Crippen LogP contribution in [0.5, 0.6) is 0 Å². The lowest BCUT2D eigenvalue weighted by Gasteiger charge is -2.24. The molecule has 2 rings (SSSR count). The number of hydrogen-bond donors (Lipinski definition) is 1. The largest absolute Gasteiger partial charge is 0.334 e. The third-order valence-corrected chi connectivity index (χ3v) is 3.76. The minimum Gasteiger partial charge on any atom is -0.334 e. The van der Waals surface area contributed by atoms with E-state index in [-0.39, 0.29) is 11.9 Å². The predicted molar refractivity (Wildman–Crippen MR) is 77.6 cm³/mol. The van der Waals surface area contributed by atoms with Crippen LogP contribution in [0.4, 0.5) is 0 Å².